The molecule has 1 aliphatic rings. The molecule has 4 nitrogen and oxygen atoms in total. The predicted octanol–water partition coefficient (Wildman–Crippen LogP) is 1.09. The van der Waals surface area contributed by atoms with E-state index in [2.05, 4.69) is 11.4 Å². The summed E-state index contributed by atoms with van der Waals surface area (Å²) in [6.07, 6.45) is 2.30. The normalized spacial score (nSPS) is 18.4. The number of carbonyl (C=O) groups is 1. The van der Waals surface area contributed by atoms with Gasteiger partial charge in [-0.15, -0.1) is 11.8 Å². The molecule has 0 aliphatic carbocycles. The van der Waals surface area contributed by atoms with E-state index in [0.717, 1.165) is 25.9 Å². The number of nitrogens with one attached hydrogen (secondary N) is 1. The van der Waals surface area contributed by atoms with E-state index in [-0.39, 0.29) is 11.8 Å². The summed E-state index contributed by atoms with van der Waals surface area (Å²) in [5, 5.41) is 12.6. The summed E-state index contributed by atoms with van der Waals surface area (Å²) in [6, 6.07) is 2.15. The topological polar surface area (TPSA) is 56.1 Å². The molecule has 96 valence electrons. The molecule has 1 fully saturated rings. The van der Waals surface area contributed by atoms with Crippen LogP contribution < -0.4 is 5.32 Å². The largest absolute Gasteiger partial charge is 0.344 e. The maximum absolute atomic E-state index is 11.8. The lowest BCUT2D eigenvalue weighted by Gasteiger charge is -2.23. The van der Waals surface area contributed by atoms with Gasteiger partial charge in [0.05, 0.1) is 17.7 Å². The van der Waals surface area contributed by atoms with E-state index in [4.69, 9.17) is 5.26 Å². The van der Waals surface area contributed by atoms with Gasteiger partial charge in [-0.1, -0.05) is 0 Å². The summed E-state index contributed by atoms with van der Waals surface area (Å²) in [5.41, 5.74) is 0. The Labute approximate surface area is 108 Å². The van der Waals surface area contributed by atoms with Gasteiger partial charge < -0.3 is 10.2 Å². The second kappa shape index (κ2) is 7.57. The average Bonchev–Trinajstić information content (AvgIpc) is 2.36. The molecule has 1 atom stereocenters. The Morgan fingerprint density at radius 1 is 1.59 bits per heavy atom. The van der Waals surface area contributed by atoms with Crippen LogP contribution in [0, 0.1) is 17.2 Å². The summed E-state index contributed by atoms with van der Waals surface area (Å²) in [5.74, 6) is 0.586. The fourth-order valence-electron chi connectivity index (χ4n) is 1.81. The van der Waals surface area contributed by atoms with Crippen molar-refractivity contribution in [2.75, 3.05) is 32.4 Å². The lowest BCUT2D eigenvalue weighted by molar-refractivity contribution is -0.127. The Bertz CT molecular complexity index is 284. The number of rotatable bonds is 5. The van der Waals surface area contributed by atoms with Crippen LogP contribution in [-0.2, 0) is 4.79 Å². The quantitative estimate of drug-likeness (QED) is 0.799. The molecule has 1 saturated heterocycles. The first-order valence-electron chi connectivity index (χ1n) is 6.09. The standard InChI is InChI=1S/C12H21N3OS/c1-10(7-13)8-15(2)12(16)9-17-11-3-5-14-6-4-11/h10-11,14H,3-6,8-9H2,1-2H3. The van der Waals surface area contributed by atoms with Gasteiger partial charge in [-0.05, 0) is 32.9 Å². The number of carbonyl (C=O) groups excluding carboxylic acids is 1. The number of hydrogen-bond donors (Lipinski definition) is 1. The average molecular weight is 255 g/mol. The molecule has 5 heteroatoms. The lowest BCUT2D eigenvalue weighted by atomic mass is 10.2. The van der Waals surface area contributed by atoms with Crippen molar-refractivity contribution < 1.29 is 4.79 Å². The van der Waals surface area contributed by atoms with Crippen molar-refractivity contribution in [3.63, 3.8) is 0 Å². The van der Waals surface area contributed by atoms with Crippen molar-refractivity contribution in [1.82, 2.24) is 10.2 Å². The number of piperidine rings is 1. The Hall–Kier alpha value is -0.730. The number of hydrogen-bond acceptors (Lipinski definition) is 4. The smallest absolute Gasteiger partial charge is 0.232 e. The molecule has 0 aromatic heterocycles. The first-order valence-corrected chi connectivity index (χ1v) is 7.14. The zero-order chi connectivity index (χ0) is 12.7. The van der Waals surface area contributed by atoms with Crippen LogP contribution in [0.15, 0.2) is 0 Å². The highest BCUT2D eigenvalue weighted by Crippen LogP contribution is 2.20. The Kier molecular flexibility index (Phi) is 6.38. The highest BCUT2D eigenvalue weighted by molar-refractivity contribution is 8.00. The second-order valence-electron chi connectivity index (χ2n) is 4.56. The van der Waals surface area contributed by atoms with Crippen LogP contribution in [-0.4, -0.2) is 48.5 Å². The molecule has 1 heterocycles. The van der Waals surface area contributed by atoms with E-state index in [1.54, 1.807) is 23.7 Å². The van der Waals surface area contributed by atoms with Crippen LogP contribution in [0.1, 0.15) is 19.8 Å². The van der Waals surface area contributed by atoms with Gasteiger partial charge in [0.1, 0.15) is 0 Å². The fraction of sp³-hybridized carbons (Fsp3) is 0.833. The molecule has 0 aromatic carbocycles. The van der Waals surface area contributed by atoms with Crippen LogP contribution in [0.2, 0.25) is 0 Å². The van der Waals surface area contributed by atoms with Gasteiger partial charge in [0.25, 0.3) is 0 Å². The Morgan fingerprint density at radius 3 is 2.82 bits per heavy atom. The minimum Gasteiger partial charge on any atom is -0.344 e. The van der Waals surface area contributed by atoms with Crippen molar-refractivity contribution in [3.05, 3.63) is 0 Å². The maximum atomic E-state index is 11.8. The van der Waals surface area contributed by atoms with E-state index >= 15 is 0 Å². The number of nitrogens with zero attached hydrogens (tertiary/aromatic N) is 2. The van der Waals surface area contributed by atoms with Crippen LogP contribution >= 0.6 is 11.8 Å². The van der Waals surface area contributed by atoms with Crippen molar-refractivity contribution in [3.8, 4) is 6.07 Å². The van der Waals surface area contributed by atoms with E-state index in [0.29, 0.717) is 17.5 Å². The minimum atomic E-state index is -0.0900. The molecule has 1 rings (SSSR count). The molecular formula is C12H21N3OS. The van der Waals surface area contributed by atoms with Gasteiger partial charge in [-0.3, -0.25) is 4.79 Å². The van der Waals surface area contributed by atoms with Gasteiger partial charge in [0, 0.05) is 18.8 Å². The van der Waals surface area contributed by atoms with Crippen molar-refractivity contribution in [2.45, 2.75) is 25.0 Å². The molecule has 0 saturated carbocycles. The van der Waals surface area contributed by atoms with E-state index in [1.807, 2.05) is 6.92 Å². The van der Waals surface area contributed by atoms with Gasteiger partial charge in [-0.2, -0.15) is 5.26 Å². The molecule has 0 spiro atoms. The van der Waals surface area contributed by atoms with Crippen molar-refractivity contribution >= 4 is 17.7 Å². The lowest BCUT2D eigenvalue weighted by Crippen LogP contribution is -2.34. The zero-order valence-electron chi connectivity index (χ0n) is 10.6. The summed E-state index contributed by atoms with van der Waals surface area (Å²) in [4.78, 5) is 13.5. The first-order chi connectivity index (χ1) is 8.13. The molecule has 0 radical (unpaired) electrons. The summed E-state index contributed by atoms with van der Waals surface area (Å²) >= 11 is 1.75. The van der Waals surface area contributed by atoms with Gasteiger partial charge in [0.15, 0.2) is 0 Å². The highest BCUT2D eigenvalue weighted by Gasteiger charge is 2.17. The van der Waals surface area contributed by atoms with Crippen LogP contribution in [0.4, 0.5) is 0 Å². The van der Waals surface area contributed by atoms with Crippen LogP contribution in [0.5, 0.6) is 0 Å². The summed E-state index contributed by atoms with van der Waals surface area (Å²) in [6.45, 7) is 4.49. The third kappa shape index (κ3) is 5.42. The Morgan fingerprint density at radius 2 is 2.24 bits per heavy atom. The van der Waals surface area contributed by atoms with Gasteiger partial charge in [0.2, 0.25) is 5.91 Å². The van der Waals surface area contributed by atoms with Crippen molar-refractivity contribution in [2.24, 2.45) is 5.92 Å². The molecule has 0 aromatic rings. The second-order valence-corrected chi connectivity index (χ2v) is 5.85. The third-order valence-electron chi connectivity index (χ3n) is 2.92. The molecule has 1 amide bonds. The molecule has 1 N–H and O–H groups in total. The van der Waals surface area contributed by atoms with E-state index in [9.17, 15) is 4.79 Å². The zero-order valence-corrected chi connectivity index (χ0v) is 11.4. The van der Waals surface area contributed by atoms with Gasteiger partial charge in [-0.25, -0.2) is 0 Å². The third-order valence-corrected chi connectivity index (χ3v) is 4.28. The molecule has 1 unspecified atom stereocenters. The van der Waals surface area contributed by atoms with Gasteiger partial charge >= 0.3 is 0 Å². The summed E-state index contributed by atoms with van der Waals surface area (Å²) < 4.78 is 0. The Balaban J connectivity index is 2.21. The number of thioether (sulfide) groups is 1. The first kappa shape index (κ1) is 14.3. The SMILES string of the molecule is CC(C#N)CN(C)C(=O)CSC1CCNCC1. The number of nitriles is 1. The van der Waals surface area contributed by atoms with Crippen LogP contribution in [0.25, 0.3) is 0 Å². The maximum Gasteiger partial charge on any atom is 0.232 e. The fourth-order valence-corrected chi connectivity index (χ4v) is 2.98. The molecule has 0 bridgehead atoms. The highest BCUT2D eigenvalue weighted by atomic mass is 32.2. The summed E-state index contributed by atoms with van der Waals surface area (Å²) in [7, 11) is 1.78. The minimum absolute atomic E-state index is 0.0900. The monoisotopic (exact) mass is 255 g/mol. The molecule has 1 aliphatic heterocycles. The number of amides is 1. The van der Waals surface area contributed by atoms with E-state index < -0.39 is 0 Å². The van der Waals surface area contributed by atoms with E-state index in [1.165, 1.54) is 0 Å². The molecule has 17 heavy (non-hydrogen) atoms. The van der Waals surface area contributed by atoms with Crippen LogP contribution in [0.3, 0.4) is 0 Å². The van der Waals surface area contributed by atoms with Crippen molar-refractivity contribution in [1.29, 1.82) is 5.26 Å². The molecular weight excluding hydrogens is 234 g/mol. The predicted molar refractivity (Wildman–Crippen MR) is 70.8 cm³/mol.